The van der Waals surface area contributed by atoms with Gasteiger partial charge in [0.1, 0.15) is 0 Å². The second-order valence-electron chi connectivity index (χ2n) is 5.39. The van der Waals surface area contributed by atoms with Crippen LogP contribution < -0.4 is 5.32 Å². The van der Waals surface area contributed by atoms with E-state index in [1.165, 1.54) is 5.56 Å². The number of nitrogens with one attached hydrogen (secondary N) is 1. The fourth-order valence-electron chi connectivity index (χ4n) is 3.13. The zero-order valence-corrected chi connectivity index (χ0v) is 14.5. The molecule has 3 rings (SSSR count). The molecule has 1 nitrogen and oxygen atoms in total. The Morgan fingerprint density at radius 3 is 2.62 bits per heavy atom. The predicted octanol–water partition coefficient (Wildman–Crippen LogP) is 5.62. The molecule has 1 aliphatic heterocycles. The third kappa shape index (κ3) is 3.29. The van der Waals surface area contributed by atoms with Crippen LogP contribution in [0.1, 0.15) is 29.4 Å². The molecule has 1 heterocycles. The fraction of sp³-hybridized carbons (Fsp3) is 0.294. The summed E-state index contributed by atoms with van der Waals surface area (Å²) >= 11 is 16.3. The normalized spacial score (nSPS) is 22.2. The molecule has 110 valence electrons. The van der Waals surface area contributed by atoms with Crippen LogP contribution in [0.3, 0.4) is 0 Å². The van der Waals surface area contributed by atoms with Gasteiger partial charge in [-0.2, -0.15) is 0 Å². The van der Waals surface area contributed by atoms with E-state index in [1.54, 1.807) is 0 Å². The SMILES string of the molecule is Clc1ccc(Cl)c(C2CCNCC2c2ccccc2Br)c1. The van der Waals surface area contributed by atoms with Crippen LogP contribution in [0.5, 0.6) is 0 Å². The van der Waals surface area contributed by atoms with Gasteiger partial charge in [-0.3, -0.25) is 0 Å². The highest BCUT2D eigenvalue weighted by atomic mass is 79.9. The molecule has 1 N–H and O–H groups in total. The molecule has 2 aromatic carbocycles. The van der Waals surface area contributed by atoms with Crippen LogP contribution in [0.15, 0.2) is 46.9 Å². The Balaban J connectivity index is 2.02. The number of halogens is 3. The Kier molecular flexibility index (Phi) is 4.90. The number of benzene rings is 2. The van der Waals surface area contributed by atoms with Crippen molar-refractivity contribution in [3.8, 4) is 0 Å². The molecule has 2 unspecified atom stereocenters. The molecule has 21 heavy (non-hydrogen) atoms. The number of piperidine rings is 1. The molecule has 1 fully saturated rings. The van der Waals surface area contributed by atoms with Crippen molar-refractivity contribution < 1.29 is 0 Å². The molecule has 1 aliphatic rings. The summed E-state index contributed by atoms with van der Waals surface area (Å²) < 4.78 is 1.15. The van der Waals surface area contributed by atoms with Crippen molar-refractivity contribution in [2.24, 2.45) is 0 Å². The summed E-state index contributed by atoms with van der Waals surface area (Å²) in [4.78, 5) is 0. The molecular weight excluding hydrogens is 369 g/mol. The summed E-state index contributed by atoms with van der Waals surface area (Å²) in [5, 5.41) is 5.06. The predicted molar refractivity (Wildman–Crippen MR) is 93.6 cm³/mol. The smallest absolute Gasteiger partial charge is 0.0442 e. The highest BCUT2D eigenvalue weighted by Crippen LogP contribution is 2.42. The maximum Gasteiger partial charge on any atom is 0.0442 e. The van der Waals surface area contributed by atoms with Gasteiger partial charge in [0, 0.05) is 27.0 Å². The van der Waals surface area contributed by atoms with Crippen LogP contribution in [0, 0.1) is 0 Å². The molecule has 0 saturated carbocycles. The van der Waals surface area contributed by atoms with E-state index in [1.807, 2.05) is 24.3 Å². The third-order valence-electron chi connectivity index (χ3n) is 4.14. The zero-order valence-electron chi connectivity index (χ0n) is 11.5. The molecular formula is C17H16BrCl2N. The van der Waals surface area contributed by atoms with Gasteiger partial charge in [0.15, 0.2) is 0 Å². The summed E-state index contributed by atoms with van der Waals surface area (Å²) in [5.74, 6) is 0.779. The van der Waals surface area contributed by atoms with Crippen molar-refractivity contribution in [1.29, 1.82) is 0 Å². The van der Waals surface area contributed by atoms with Gasteiger partial charge in [0.05, 0.1) is 0 Å². The van der Waals surface area contributed by atoms with E-state index in [0.29, 0.717) is 11.8 Å². The maximum atomic E-state index is 6.43. The van der Waals surface area contributed by atoms with Gasteiger partial charge in [-0.1, -0.05) is 57.3 Å². The highest BCUT2D eigenvalue weighted by Gasteiger charge is 2.30. The summed E-state index contributed by atoms with van der Waals surface area (Å²) in [6, 6.07) is 14.2. The maximum absolute atomic E-state index is 6.43. The van der Waals surface area contributed by atoms with Crippen LogP contribution in [0.2, 0.25) is 10.0 Å². The van der Waals surface area contributed by atoms with Gasteiger partial charge in [-0.05, 0) is 54.3 Å². The Morgan fingerprint density at radius 1 is 1.00 bits per heavy atom. The van der Waals surface area contributed by atoms with Crippen LogP contribution in [-0.4, -0.2) is 13.1 Å². The fourth-order valence-corrected chi connectivity index (χ4v) is 4.15. The Bertz CT molecular complexity index is 644. The Hall–Kier alpha value is -0.540. The van der Waals surface area contributed by atoms with E-state index < -0.39 is 0 Å². The van der Waals surface area contributed by atoms with Gasteiger partial charge in [0.2, 0.25) is 0 Å². The highest BCUT2D eigenvalue weighted by molar-refractivity contribution is 9.10. The first kappa shape index (κ1) is 15.4. The first-order valence-corrected chi connectivity index (χ1v) is 8.62. The Morgan fingerprint density at radius 2 is 1.81 bits per heavy atom. The average molecular weight is 385 g/mol. The first-order valence-electron chi connectivity index (χ1n) is 7.07. The van der Waals surface area contributed by atoms with Crippen molar-refractivity contribution in [2.45, 2.75) is 18.3 Å². The topological polar surface area (TPSA) is 12.0 Å². The molecule has 0 spiro atoms. The first-order chi connectivity index (χ1) is 10.2. The minimum atomic E-state index is 0.385. The van der Waals surface area contributed by atoms with E-state index in [-0.39, 0.29) is 0 Å². The molecule has 0 aliphatic carbocycles. The summed E-state index contributed by atoms with van der Waals surface area (Å²) in [6.07, 6.45) is 1.06. The van der Waals surface area contributed by atoms with Crippen molar-refractivity contribution in [2.75, 3.05) is 13.1 Å². The molecule has 2 aromatic rings. The van der Waals surface area contributed by atoms with Gasteiger partial charge in [-0.25, -0.2) is 0 Å². The van der Waals surface area contributed by atoms with Crippen LogP contribution in [0.4, 0.5) is 0 Å². The minimum Gasteiger partial charge on any atom is -0.316 e. The molecule has 0 aromatic heterocycles. The standard InChI is InChI=1S/C17H16BrCl2N/c18-16-4-2-1-3-13(16)15-10-21-8-7-12(15)14-9-11(19)5-6-17(14)20/h1-6,9,12,15,21H,7-8,10H2. The van der Waals surface area contributed by atoms with Gasteiger partial charge < -0.3 is 5.32 Å². The number of hydrogen-bond donors (Lipinski definition) is 1. The van der Waals surface area contributed by atoms with E-state index in [9.17, 15) is 0 Å². The summed E-state index contributed by atoms with van der Waals surface area (Å²) in [6.45, 7) is 1.96. The molecule has 0 radical (unpaired) electrons. The molecule has 1 saturated heterocycles. The van der Waals surface area contributed by atoms with Crippen molar-refractivity contribution >= 4 is 39.1 Å². The van der Waals surface area contributed by atoms with Gasteiger partial charge in [-0.15, -0.1) is 0 Å². The number of hydrogen-bond acceptors (Lipinski definition) is 1. The summed E-state index contributed by atoms with van der Waals surface area (Å²) in [5.41, 5.74) is 2.48. The molecule has 0 bridgehead atoms. The van der Waals surface area contributed by atoms with Gasteiger partial charge >= 0.3 is 0 Å². The second-order valence-corrected chi connectivity index (χ2v) is 7.09. The van der Waals surface area contributed by atoms with Gasteiger partial charge in [0.25, 0.3) is 0 Å². The van der Waals surface area contributed by atoms with E-state index in [2.05, 4.69) is 39.4 Å². The summed E-state index contributed by atoms with van der Waals surface area (Å²) in [7, 11) is 0. The van der Waals surface area contributed by atoms with E-state index in [4.69, 9.17) is 23.2 Å². The van der Waals surface area contributed by atoms with Crippen LogP contribution >= 0.6 is 39.1 Å². The lowest BCUT2D eigenvalue weighted by atomic mass is 9.77. The average Bonchev–Trinajstić information content (AvgIpc) is 2.50. The molecule has 4 heteroatoms. The third-order valence-corrected chi connectivity index (χ3v) is 5.45. The van der Waals surface area contributed by atoms with Crippen molar-refractivity contribution in [3.05, 3.63) is 68.1 Å². The van der Waals surface area contributed by atoms with Crippen molar-refractivity contribution in [3.63, 3.8) is 0 Å². The lowest BCUT2D eigenvalue weighted by molar-refractivity contribution is 0.403. The number of rotatable bonds is 2. The van der Waals surface area contributed by atoms with E-state index >= 15 is 0 Å². The lowest BCUT2D eigenvalue weighted by Gasteiger charge is -2.34. The van der Waals surface area contributed by atoms with E-state index in [0.717, 1.165) is 39.6 Å². The Labute approximate surface area is 143 Å². The molecule has 2 atom stereocenters. The largest absolute Gasteiger partial charge is 0.316 e. The van der Waals surface area contributed by atoms with Crippen LogP contribution in [0.25, 0.3) is 0 Å². The lowest BCUT2D eigenvalue weighted by Crippen LogP contribution is -2.34. The minimum absolute atomic E-state index is 0.385. The second kappa shape index (κ2) is 6.70. The zero-order chi connectivity index (χ0) is 14.8. The quantitative estimate of drug-likeness (QED) is 0.708. The monoisotopic (exact) mass is 383 g/mol. The van der Waals surface area contributed by atoms with Crippen molar-refractivity contribution in [1.82, 2.24) is 5.32 Å². The molecule has 0 amide bonds. The van der Waals surface area contributed by atoms with Crippen LogP contribution in [-0.2, 0) is 0 Å².